The lowest BCUT2D eigenvalue weighted by Gasteiger charge is -2.39. The van der Waals surface area contributed by atoms with Crippen molar-refractivity contribution >= 4 is 17.2 Å². The summed E-state index contributed by atoms with van der Waals surface area (Å²) < 4.78 is 0. The van der Waals surface area contributed by atoms with Gasteiger partial charge >= 0.3 is 0 Å². The van der Waals surface area contributed by atoms with Crippen LogP contribution in [0.2, 0.25) is 0 Å². The number of hydrogen-bond acceptors (Lipinski definition) is 2. The van der Waals surface area contributed by atoms with E-state index < -0.39 is 0 Å². The number of likely N-dealkylation sites (tertiary alicyclic amines) is 1. The number of carbonyl (C=O) groups excluding carboxylic acids is 1. The molecular formula is C20H31NOS. The van der Waals surface area contributed by atoms with Crippen molar-refractivity contribution in [2.75, 3.05) is 0 Å². The molecule has 1 aromatic heterocycles. The van der Waals surface area contributed by atoms with Crippen LogP contribution in [0.1, 0.15) is 81.1 Å². The highest BCUT2D eigenvalue weighted by molar-refractivity contribution is 7.10. The van der Waals surface area contributed by atoms with Crippen molar-refractivity contribution in [1.29, 1.82) is 0 Å². The molecule has 0 bridgehead atoms. The van der Waals surface area contributed by atoms with Crippen LogP contribution in [0.4, 0.5) is 0 Å². The second kappa shape index (κ2) is 6.23. The molecule has 0 saturated carbocycles. The average Bonchev–Trinajstić information content (AvgIpc) is 2.89. The molecular weight excluding hydrogens is 302 g/mol. The van der Waals surface area contributed by atoms with E-state index in [2.05, 4.69) is 44.9 Å². The van der Waals surface area contributed by atoms with Gasteiger partial charge in [-0.05, 0) is 69.3 Å². The van der Waals surface area contributed by atoms with Gasteiger partial charge in [0.05, 0.1) is 5.56 Å². The van der Waals surface area contributed by atoms with Crippen LogP contribution in [-0.4, -0.2) is 22.9 Å². The molecule has 128 valence electrons. The number of rotatable bonds is 1. The molecule has 1 saturated heterocycles. The summed E-state index contributed by atoms with van der Waals surface area (Å²) in [6.45, 7) is 11.5. The van der Waals surface area contributed by atoms with E-state index in [9.17, 15) is 4.79 Å². The van der Waals surface area contributed by atoms with Crippen LogP contribution in [0.25, 0.3) is 0 Å². The molecule has 0 aromatic carbocycles. The van der Waals surface area contributed by atoms with Crippen LogP contribution in [0.15, 0.2) is 5.38 Å². The number of thiophene rings is 1. The lowest BCUT2D eigenvalue weighted by Crippen LogP contribution is -2.47. The maximum atomic E-state index is 13.2. The van der Waals surface area contributed by atoms with Gasteiger partial charge in [-0.15, -0.1) is 11.3 Å². The van der Waals surface area contributed by atoms with Crippen LogP contribution in [0, 0.1) is 11.3 Å². The Hall–Kier alpha value is -0.830. The SMILES string of the molecule is CC1CCCC(C)N1C(=O)c1csc2c1CCC(C(C)(C)C)C2. The van der Waals surface area contributed by atoms with Gasteiger partial charge in [-0.2, -0.15) is 0 Å². The molecule has 1 aliphatic carbocycles. The number of amides is 1. The first-order chi connectivity index (χ1) is 10.8. The van der Waals surface area contributed by atoms with Crippen LogP contribution in [-0.2, 0) is 12.8 Å². The standard InChI is InChI=1S/C20H31NOS/c1-13-7-6-8-14(2)21(13)19(22)17-12-23-18-11-15(20(3,4)5)9-10-16(17)18/h12-15H,6-11H2,1-5H3. The summed E-state index contributed by atoms with van der Waals surface area (Å²) in [4.78, 5) is 16.8. The third-order valence-corrected chi connectivity index (χ3v) is 7.09. The van der Waals surface area contributed by atoms with Crippen molar-refractivity contribution in [1.82, 2.24) is 4.90 Å². The number of fused-ring (bicyclic) bond motifs is 1. The van der Waals surface area contributed by atoms with Gasteiger partial charge < -0.3 is 4.90 Å². The van der Waals surface area contributed by atoms with Crippen molar-refractivity contribution in [2.24, 2.45) is 11.3 Å². The van der Waals surface area contributed by atoms with Crippen LogP contribution in [0.5, 0.6) is 0 Å². The Kier molecular flexibility index (Phi) is 4.61. The first-order valence-corrected chi connectivity index (χ1v) is 10.1. The second-order valence-electron chi connectivity index (χ2n) is 8.70. The molecule has 1 fully saturated rings. The highest BCUT2D eigenvalue weighted by atomic mass is 32.1. The van der Waals surface area contributed by atoms with E-state index in [0.717, 1.165) is 37.2 Å². The molecule has 2 aliphatic rings. The highest BCUT2D eigenvalue weighted by Gasteiger charge is 2.35. The van der Waals surface area contributed by atoms with Gasteiger partial charge in [0, 0.05) is 22.3 Å². The summed E-state index contributed by atoms with van der Waals surface area (Å²) >= 11 is 1.82. The molecule has 1 amide bonds. The zero-order chi connectivity index (χ0) is 16.8. The number of carbonyl (C=O) groups is 1. The Balaban J connectivity index is 1.83. The third kappa shape index (κ3) is 3.22. The summed E-state index contributed by atoms with van der Waals surface area (Å²) in [5, 5.41) is 2.14. The topological polar surface area (TPSA) is 20.3 Å². The predicted molar refractivity (Wildman–Crippen MR) is 98.2 cm³/mol. The zero-order valence-corrected chi connectivity index (χ0v) is 16.1. The van der Waals surface area contributed by atoms with Crippen molar-refractivity contribution in [3.05, 3.63) is 21.4 Å². The molecule has 1 aliphatic heterocycles. The maximum Gasteiger partial charge on any atom is 0.255 e. The van der Waals surface area contributed by atoms with Crippen molar-refractivity contribution in [3.8, 4) is 0 Å². The molecule has 23 heavy (non-hydrogen) atoms. The van der Waals surface area contributed by atoms with E-state index in [1.807, 2.05) is 11.3 Å². The Morgan fingerprint density at radius 2 is 1.83 bits per heavy atom. The van der Waals surface area contributed by atoms with Crippen molar-refractivity contribution < 1.29 is 4.79 Å². The van der Waals surface area contributed by atoms with Gasteiger partial charge in [-0.25, -0.2) is 0 Å². The first-order valence-electron chi connectivity index (χ1n) is 9.21. The maximum absolute atomic E-state index is 13.2. The summed E-state index contributed by atoms with van der Waals surface area (Å²) in [6.07, 6.45) is 7.00. The van der Waals surface area contributed by atoms with Gasteiger partial charge in [-0.3, -0.25) is 4.79 Å². The zero-order valence-electron chi connectivity index (χ0n) is 15.3. The number of piperidine rings is 1. The van der Waals surface area contributed by atoms with Crippen molar-refractivity contribution in [2.45, 2.75) is 85.2 Å². The molecule has 2 nitrogen and oxygen atoms in total. The minimum absolute atomic E-state index is 0.288. The molecule has 0 radical (unpaired) electrons. The number of hydrogen-bond donors (Lipinski definition) is 0. The third-order valence-electron chi connectivity index (χ3n) is 6.04. The molecule has 3 heteroatoms. The van der Waals surface area contributed by atoms with Gasteiger partial charge in [0.15, 0.2) is 0 Å². The van der Waals surface area contributed by atoms with Gasteiger partial charge in [-0.1, -0.05) is 20.8 Å². The van der Waals surface area contributed by atoms with E-state index in [4.69, 9.17) is 0 Å². The quantitative estimate of drug-likeness (QED) is 0.682. The molecule has 3 atom stereocenters. The molecule has 0 N–H and O–H groups in total. The Morgan fingerprint density at radius 1 is 1.17 bits per heavy atom. The van der Waals surface area contributed by atoms with Crippen molar-refractivity contribution in [3.63, 3.8) is 0 Å². The minimum Gasteiger partial charge on any atom is -0.333 e. The first kappa shape index (κ1) is 17.0. The van der Waals surface area contributed by atoms with E-state index in [1.165, 1.54) is 23.3 Å². The van der Waals surface area contributed by atoms with E-state index in [-0.39, 0.29) is 5.91 Å². The normalized spacial score (nSPS) is 28.6. The fourth-order valence-electron chi connectivity index (χ4n) is 4.39. The summed E-state index contributed by atoms with van der Waals surface area (Å²) in [5.41, 5.74) is 2.74. The number of nitrogens with zero attached hydrogens (tertiary/aromatic N) is 1. The fraction of sp³-hybridized carbons (Fsp3) is 0.750. The van der Waals surface area contributed by atoms with Crippen LogP contribution < -0.4 is 0 Å². The predicted octanol–water partition coefficient (Wildman–Crippen LogP) is 5.30. The van der Waals surface area contributed by atoms with E-state index >= 15 is 0 Å². The summed E-state index contributed by atoms with van der Waals surface area (Å²) in [5.74, 6) is 1.03. The second-order valence-corrected chi connectivity index (χ2v) is 9.66. The minimum atomic E-state index is 0.288. The molecule has 3 unspecified atom stereocenters. The lowest BCUT2D eigenvalue weighted by molar-refractivity contribution is 0.0509. The molecule has 3 rings (SSSR count). The van der Waals surface area contributed by atoms with Gasteiger partial charge in [0.1, 0.15) is 0 Å². The largest absolute Gasteiger partial charge is 0.333 e. The molecule has 2 heterocycles. The molecule has 1 aromatic rings. The van der Waals surface area contributed by atoms with E-state index in [0.29, 0.717) is 17.5 Å². The smallest absolute Gasteiger partial charge is 0.255 e. The van der Waals surface area contributed by atoms with Crippen LogP contribution in [0.3, 0.4) is 0 Å². The molecule has 0 spiro atoms. The monoisotopic (exact) mass is 333 g/mol. The highest BCUT2D eigenvalue weighted by Crippen LogP contribution is 2.41. The van der Waals surface area contributed by atoms with Crippen LogP contribution >= 0.6 is 11.3 Å². The Labute approximate surface area is 145 Å². The summed E-state index contributed by atoms with van der Waals surface area (Å²) in [6, 6.07) is 0.764. The lowest BCUT2D eigenvalue weighted by atomic mass is 9.72. The van der Waals surface area contributed by atoms with Gasteiger partial charge in [0.25, 0.3) is 5.91 Å². The average molecular weight is 334 g/mol. The Bertz CT molecular complexity index is 573. The van der Waals surface area contributed by atoms with E-state index in [1.54, 1.807) is 0 Å². The summed E-state index contributed by atoms with van der Waals surface area (Å²) in [7, 11) is 0. The van der Waals surface area contributed by atoms with Gasteiger partial charge in [0.2, 0.25) is 0 Å². The Morgan fingerprint density at radius 3 is 2.43 bits per heavy atom. The fourth-order valence-corrected chi connectivity index (χ4v) is 5.55.